The maximum absolute atomic E-state index is 3.48. The summed E-state index contributed by atoms with van der Waals surface area (Å²) in [4.78, 5) is 0. The maximum Gasteiger partial charge on any atom is 0.0237 e. The molecule has 0 aromatic carbocycles. The molecule has 62 valence electrons. The third kappa shape index (κ3) is 0.471. The molecule has 0 aromatic rings. The van der Waals surface area contributed by atoms with E-state index in [0.717, 1.165) is 35.5 Å². The maximum atomic E-state index is 3.48. The van der Waals surface area contributed by atoms with Gasteiger partial charge in [-0.15, -0.1) is 0 Å². The van der Waals surface area contributed by atoms with Crippen LogP contribution in [0.3, 0.4) is 0 Å². The van der Waals surface area contributed by atoms with Crippen LogP contribution in [0.15, 0.2) is 0 Å². The van der Waals surface area contributed by atoms with Gasteiger partial charge in [-0.2, -0.15) is 0 Å². The Hall–Kier alpha value is -0.440. The first-order valence-electron chi connectivity index (χ1n) is 5.46. The zero-order chi connectivity index (χ0) is 7.71. The molecule has 5 aliphatic rings. The summed E-state index contributed by atoms with van der Waals surface area (Å²) < 4.78 is 0. The van der Waals surface area contributed by atoms with Crippen LogP contribution in [0.2, 0.25) is 0 Å². The number of rotatable bonds is 0. The van der Waals surface area contributed by atoms with E-state index in [1.165, 1.54) is 25.7 Å². The van der Waals surface area contributed by atoms with Crippen LogP contribution in [0.1, 0.15) is 25.7 Å². The fourth-order valence-corrected chi connectivity index (χ4v) is 4.36. The third-order valence-electron chi connectivity index (χ3n) is 4.99. The summed E-state index contributed by atoms with van der Waals surface area (Å²) in [6, 6.07) is 0. The minimum Gasteiger partial charge on any atom is -0.0993 e. The summed E-state index contributed by atoms with van der Waals surface area (Å²) in [5, 5.41) is 0. The molecule has 12 heavy (non-hydrogen) atoms. The van der Waals surface area contributed by atoms with E-state index < -0.39 is 0 Å². The minimum absolute atomic E-state index is 0.835. The van der Waals surface area contributed by atoms with E-state index in [1.807, 2.05) is 0 Å². The van der Waals surface area contributed by atoms with Crippen LogP contribution >= 0.6 is 0 Å². The summed E-state index contributed by atoms with van der Waals surface area (Å²) >= 11 is 0. The zero-order valence-corrected chi connectivity index (χ0v) is 7.29. The first-order valence-corrected chi connectivity index (χ1v) is 5.46. The molecular formula is C12H14. The van der Waals surface area contributed by atoms with Gasteiger partial charge in [0.05, 0.1) is 0 Å². The van der Waals surface area contributed by atoms with Crippen LogP contribution in [-0.2, 0) is 0 Å². The van der Waals surface area contributed by atoms with Crippen LogP contribution in [0.5, 0.6) is 0 Å². The van der Waals surface area contributed by atoms with Gasteiger partial charge in [0.15, 0.2) is 0 Å². The molecular weight excluding hydrogens is 144 g/mol. The van der Waals surface area contributed by atoms with E-state index in [2.05, 4.69) is 11.8 Å². The summed E-state index contributed by atoms with van der Waals surface area (Å²) in [5.41, 5.74) is 0. The highest BCUT2D eigenvalue weighted by molar-refractivity contribution is 5.26. The lowest BCUT2D eigenvalue weighted by molar-refractivity contribution is -0.159. The summed E-state index contributed by atoms with van der Waals surface area (Å²) in [7, 11) is 0. The topological polar surface area (TPSA) is 0 Å². The van der Waals surface area contributed by atoms with Crippen molar-refractivity contribution in [2.45, 2.75) is 25.7 Å². The summed E-state index contributed by atoms with van der Waals surface area (Å²) in [6.45, 7) is 0. The van der Waals surface area contributed by atoms with Crippen LogP contribution in [-0.4, -0.2) is 0 Å². The van der Waals surface area contributed by atoms with Gasteiger partial charge in [-0.05, 0) is 49.4 Å². The summed E-state index contributed by atoms with van der Waals surface area (Å²) in [6.07, 6.45) is 5.94. The van der Waals surface area contributed by atoms with E-state index in [1.54, 1.807) is 0 Å². The minimum atomic E-state index is 0.835. The van der Waals surface area contributed by atoms with E-state index >= 15 is 0 Å². The van der Waals surface area contributed by atoms with Crippen molar-refractivity contribution in [3.63, 3.8) is 0 Å². The monoisotopic (exact) mass is 158 g/mol. The Bertz CT molecular complexity index is 265. The molecule has 0 saturated heterocycles. The van der Waals surface area contributed by atoms with Crippen molar-refractivity contribution in [2.75, 3.05) is 0 Å². The number of hydrogen-bond donors (Lipinski definition) is 0. The molecule has 0 spiro atoms. The van der Waals surface area contributed by atoms with Gasteiger partial charge in [-0.25, -0.2) is 0 Å². The van der Waals surface area contributed by atoms with Gasteiger partial charge in [0, 0.05) is 11.8 Å². The van der Waals surface area contributed by atoms with Crippen LogP contribution in [0, 0.1) is 47.3 Å². The molecule has 0 N–H and O–H groups in total. The Morgan fingerprint density at radius 1 is 0.667 bits per heavy atom. The second-order valence-electron chi connectivity index (χ2n) is 5.14. The van der Waals surface area contributed by atoms with Crippen molar-refractivity contribution in [3.8, 4) is 11.8 Å². The van der Waals surface area contributed by atoms with E-state index in [4.69, 9.17) is 0 Å². The normalized spacial score (nSPS) is 63.3. The van der Waals surface area contributed by atoms with Crippen molar-refractivity contribution < 1.29 is 0 Å². The second-order valence-corrected chi connectivity index (χ2v) is 5.14. The average Bonchev–Trinajstić information content (AvgIpc) is 2.08. The van der Waals surface area contributed by atoms with Gasteiger partial charge < -0.3 is 0 Å². The third-order valence-corrected chi connectivity index (χ3v) is 4.99. The van der Waals surface area contributed by atoms with Crippen LogP contribution in [0.25, 0.3) is 0 Å². The first kappa shape index (κ1) is 6.08. The SMILES string of the molecule is C1#CC2CCC1C1C3CCC3C21. The molecule has 5 rings (SSSR count). The molecule has 0 aromatic heterocycles. The summed E-state index contributed by atoms with van der Waals surface area (Å²) in [5.74, 6) is 13.1. The molecule has 5 aliphatic carbocycles. The van der Waals surface area contributed by atoms with Gasteiger partial charge in [0.2, 0.25) is 0 Å². The molecule has 0 heterocycles. The van der Waals surface area contributed by atoms with Gasteiger partial charge in [-0.3, -0.25) is 0 Å². The molecule has 6 unspecified atom stereocenters. The van der Waals surface area contributed by atoms with Crippen molar-refractivity contribution in [1.82, 2.24) is 0 Å². The Morgan fingerprint density at radius 2 is 1.17 bits per heavy atom. The average molecular weight is 158 g/mol. The highest BCUT2D eigenvalue weighted by atomic mass is 14.7. The Labute approximate surface area is 73.7 Å². The lowest BCUT2D eigenvalue weighted by Gasteiger charge is -2.66. The van der Waals surface area contributed by atoms with E-state index in [-0.39, 0.29) is 0 Å². The lowest BCUT2D eigenvalue weighted by Crippen LogP contribution is -2.61. The second kappa shape index (κ2) is 1.74. The highest BCUT2D eigenvalue weighted by Gasteiger charge is 2.61. The van der Waals surface area contributed by atoms with E-state index in [0.29, 0.717) is 0 Å². The lowest BCUT2D eigenvalue weighted by atomic mass is 9.38. The van der Waals surface area contributed by atoms with Gasteiger partial charge in [-0.1, -0.05) is 11.8 Å². The molecule has 0 radical (unpaired) electrons. The van der Waals surface area contributed by atoms with Crippen molar-refractivity contribution in [2.24, 2.45) is 35.5 Å². The number of fused-ring (bicyclic) bond motifs is 2. The molecule has 3 fully saturated rings. The molecule has 6 atom stereocenters. The highest BCUT2D eigenvalue weighted by Crippen LogP contribution is 2.67. The fourth-order valence-electron chi connectivity index (χ4n) is 4.36. The molecule has 3 saturated carbocycles. The van der Waals surface area contributed by atoms with Gasteiger partial charge >= 0.3 is 0 Å². The Balaban J connectivity index is 1.78. The van der Waals surface area contributed by atoms with Gasteiger partial charge in [0.25, 0.3) is 0 Å². The van der Waals surface area contributed by atoms with Crippen molar-refractivity contribution in [3.05, 3.63) is 0 Å². The van der Waals surface area contributed by atoms with Crippen molar-refractivity contribution >= 4 is 0 Å². The predicted molar refractivity (Wildman–Crippen MR) is 47.2 cm³/mol. The standard InChI is InChI=1S/C12H14/c1-2-8-4-3-7(1)11-9-5-6-10(9)12(8)11/h7-12H,1-2,5-6H2. The molecule has 2 bridgehead atoms. The molecule has 0 nitrogen and oxygen atoms in total. The fraction of sp³-hybridized carbons (Fsp3) is 0.833. The largest absolute Gasteiger partial charge is 0.0993 e. The number of hydrogen-bond acceptors (Lipinski definition) is 0. The molecule has 0 aliphatic heterocycles. The Kier molecular flexibility index (Phi) is 0.881. The zero-order valence-electron chi connectivity index (χ0n) is 7.29. The van der Waals surface area contributed by atoms with Crippen LogP contribution < -0.4 is 0 Å². The van der Waals surface area contributed by atoms with Crippen molar-refractivity contribution in [1.29, 1.82) is 0 Å². The van der Waals surface area contributed by atoms with E-state index in [9.17, 15) is 0 Å². The predicted octanol–water partition coefficient (Wildman–Crippen LogP) is 2.30. The quantitative estimate of drug-likeness (QED) is 0.474. The smallest absolute Gasteiger partial charge is 0.0237 e. The Morgan fingerprint density at radius 3 is 1.50 bits per heavy atom. The molecule has 0 amide bonds. The van der Waals surface area contributed by atoms with Crippen LogP contribution in [0.4, 0.5) is 0 Å². The van der Waals surface area contributed by atoms with Gasteiger partial charge in [0.1, 0.15) is 0 Å². The first-order chi connectivity index (χ1) is 5.95. The molecule has 0 heteroatoms.